The van der Waals surface area contributed by atoms with E-state index in [4.69, 9.17) is 4.74 Å². The van der Waals surface area contributed by atoms with Crippen LogP contribution in [0.4, 0.5) is 11.6 Å². The summed E-state index contributed by atoms with van der Waals surface area (Å²) >= 11 is 0. The van der Waals surface area contributed by atoms with Gasteiger partial charge in [0.2, 0.25) is 0 Å². The second-order valence-electron chi connectivity index (χ2n) is 4.78. The van der Waals surface area contributed by atoms with E-state index in [1.165, 1.54) is 0 Å². The molecule has 0 aliphatic heterocycles. The van der Waals surface area contributed by atoms with Gasteiger partial charge in [0.1, 0.15) is 17.5 Å². The van der Waals surface area contributed by atoms with Crippen molar-refractivity contribution in [3.8, 4) is 0 Å². The van der Waals surface area contributed by atoms with Gasteiger partial charge in [-0.2, -0.15) is 0 Å². The molecule has 0 radical (unpaired) electrons. The SMILES string of the molecule is CCNc1cc(NCCOCCN(C)C)nc(CC)n1. The third-order valence-electron chi connectivity index (χ3n) is 2.68. The molecule has 1 rings (SSSR count). The molecule has 6 heteroatoms. The van der Waals surface area contributed by atoms with Crippen LogP contribution in [0.2, 0.25) is 0 Å². The first kappa shape index (κ1) is 16.7. The molecule has 0 aliphatic carbocycles. The number of hydrogen-bond donors (Lipinski definition) is 2. The highest BCUT2D eigenvalue weighted by molar-refractivity contribution is 5.47. The van der Waals surface area contributed by atoms with E-state index in [2.05, 4.69) is 39.3 Å². The fourth-order valence-electron chi connectivity index (χ4n) is 1.62. The van der Waals surface area contributed by atoms with Crippen LogP contribution in [-0.2, 0) is 11.2 Å². The van der Waals surface area contributed by atoms with E-state index >= 15 is 0 Å². The summed E-state index contributed by atoms with van der Waals surface area (Å²) in [4.78, 5) is 11.0. The molecular formula is C14H27N5O. The predicted octanol–water partition coefficient (Wildman–Crippen LogP) is 1.46. The summed E-state index contributed by atoms with van der Waals surface area (Å²) in [6.07, 6.45) is 0.827. The second kappa shape index (κ2) is 9.50. The smallest absolute Gasteiger partial charge is 0.132 e. The number of anilines is 2. The minimum absolute atomic E-state index is 0.676. The predicted molar refractivity (Wildman–Crippen MR) is 83.4 cm³/mol. The minimum Gasteiger partial charge on any atom is -0.378 e. The zero-order valence-corrected chi connectivity index (χ0v) is 13.1. The molecule has 20 heavy (non-hydrogen) atoms. The third-order valence-corrected chi connectivity index (χ3v) is 2.68. The Labute approximate surface area is 121 Å². The lowest BCUT2D eigenvalue weighted by molar-refractivity contribution is 0.126. The maximum Gasteiger partial charge on any atom is 0.132 e. The molecule has 0 aliphatic rings. The molecule has 114 valence electrons. The van der Waals surface area contributed by atoms with Crippen LogP contribution in [0.25, 0.3) is 0 Å². The topological polar surface area (TPSA) is 62.3 Å². The highest BCUT2D eigenvalue weighted by atomic mass is 16.5. The van der Waals surface area contributed by atoms with Crippen molar-refractivity contribution in [3.05, 3.63) is 11.9 Å². The van der Waals surface area contributed by atoms with Gasteiger partial charge in [0.25, 0.3) is 0 Å². The number of aryl methyl sites for hydroxylation is 1. The first-order valence-corrected chi connectivity index (χ1v) is 7.23. The van der Waals surface area contributed by atoms with Gasteiger partial charge < -0.3 is 20.3 Å². The van der Waals surface area contributed by atoms with Gasteiger partial charge in [-0.05, 0) is 21.0 Å². The van der Waals surface area contributed by atoms with Crippen molar-refractivity contribution >= 4 is 11.6 Å². The Hall–Kier alpha value is -1.40. The lowest BCUT2D eigenvalue weighted by Gasteiger charge is -2.11. The normalized spacial score (nSPS) is 10.8. The van der Waals surface area contributed by atoms with Crippen LogP contribution in [0, 0.1) is 0 Å². The molecule has 0 aromatic carbocycles. The summed E-state index contributed by atoms with van der Waals surface area (Å²) < 4.78 is 5.54. The van der Waals surface area contributed by atoms with E-state index in [9.17, 15) is 0 Å². The Morgan fingerprint density at radius 1 is 1.10 bits per heavy atom. The summed E-state index contributed by atoms with van der Waals surface area (Å²) in [7, 11) is 4.08. The molecule has 0 saturated carbocycles. The lowest BCUT2D eigenvalue weighted by Crippen LogP contribution is -2.20. The van der Waals surface area contributed by atoms with Gasteiger partial charge in [0.15, 0.2) is 0 Å². The lowest BCUT2D eigenvalue weighted by atomic mass is 10.4. The monoisotopic (exact) mass is 281 g/mol. The van der Waals surface area contributed by atoms with Gasteiger partial charge in [0.05, 0.1) is 13.2 Å². The van der Waals surface area contributed by atoms with Crippen molar-refractivity contribution in [2.45, 2.75) is 20.3 Å². The van der Waals surface area contributed by atoms with Gasteiger partial charge in [-0.15, -0.1) is 0 Å². The number of aromatic nitrogens is 2. The average molecular weight is 281 g/mol. The fraction of sp³-hybridized carbons (Fsp3) is 0.714. The Morgan fingerprint density at radius 3 is 2.40 bits per heavy atom. The molecule has 1 aromatic rings. The molecule has 0 fully saturated rings. The van der Waals surface area contributed by atoms with E-state index in [1.807, 2.05) is 20.2 Å². The summed E-state index contributed by atoms with van der Waals surface area (Å²) in [5.41, 5.74) is 0. The minimum atomic E-state index is 0.676. The van der Waals surface area contributed by atoms with Crippen molar-refractivity contribution in [1.29, 1.82) is 0 Å². The third kappa shape index (κ3) is 6.68. The standard InChI is InChI=1S/C14H27N5O/c1-5-12-17-13(15-6-2)11-14(18-12)16-7-9-20-10-8-19(3)4/h11H,5-10H2,1-4H3,(H2,15,16,17,18). The Morgan fingerprint density at radius 2 is 1.80 bits per heavy atom. The van der Waals surface area contributed by atoms with Gasteiger partial charge in [-0.25, -0.2) is 9.97 Å². The molecule has 0 atom stereocenters. The number of likely N-dealkylation sites (N-methyl/N-ethyl adjacent to an activating group) is 1. The molecular weight excluding hydrogens is 254 g/mol. The summed E-state index contributed by atoms with van der Waals surface area (Å²) in [5.74, 6) is 2.57. The Kier molecular flexibility index (Phi) is 7.91. The molecule has 0 unspecified atom stereocenters. The van der Waals surface area contributed by atoms with Gasteiger partial charge >= 0.3 is 0 Å². The summed E-state index contributed by atoms with van der Waals surface area (Å²) in [6, 6.07) is 1.93. The maximum absolute atomic E-state index is 5.54. The van der Waals surface area contributed by atoms with Gasteiger partial charge in [-0.3, -0.25) is 0 Å². The summed E-state index contributed by atoms with van der Waals surface area (Å²) in [6.45, 7) is 8.08. The molecule has 0 amide bonds. The van der Waals surface area contributed by atoms with Crippen LogP contribution < -0.4 is 10.6 Å². The molecule has 0 saturated heterocycles. The molecule has 2 N–H and O–H groups in total. The number of nitrogens with zero attached hydrogens (tertiary/aromatic N) is 3. The van der Waals surface area contributed by atoms with Gasteiger partial charge in [-0.1, -0.05) is 6.92 Å². The van der Waals surface area contributed by atoms with Crippen LogP contribution in [0.1, 0.15) is 19.7 Å². The zero-order chi connectivity index (χ0) is 14.8. The first-order valence-electron chi connectivity index (χ1n) is 7.23. The number of hydrogen-bond acceptors (Lipinski definition) is 6. The zero-order valence-electron chi connectivity index (χ0n) is 13.1. The number of rotatable bonds is 10. The molecule has 1 heterocycles. The van der Waals surface area contributed by atoms with Crippen LogP contribution >= 0.6 is 0 Å². The fourth-order valence-corrected chi connectivity index (χ4v) is 1.62. The van der Waals surface area contributed by atoms with Crippen molar-refractivity contribution in [2.75, 3.05) is 57.6 Å². The number of nitrogens with one attached hydrogen (secondary N) is 2. The van der Waals surface area contributed by atoms with Crippen molar-refractivity contribution in [3.63, 3.8) is 0 Å². The van der Waals surface area contributed by atoms with Crippen LogP contribution in [0.15, 0.2) is 6.07 Å². The first-order chi connectivity index (χ1) is 9.65. The Bertz CT molecular complexity index is 384. The highest BCUT2D eigenvalue weighted by Gasteiger charge is 2.02. The highest BCUT2D eigenvalue weighted by Crippen LogP contribution is 2.11. The number of ether oxygens (including phenoxy) is 1. The van der Waals surface area contributed by atoms with E-state index in [-0.39, 0.29) is 0 Å². The molecule has 6 nitrogen and oxygen atoms in total. The molecule has 0 bridgehead atoms. The van der Waals surface area contributed by atoms with Crippen LogP contribution in [-0.4, -0.2) is 61.8 Å². The van der Waals surface area contributed by atoms with Crippen molar-refractivity contribution in [1.82, 2.24) is 14.9 Å². The maximum atomic E-state index is 5.54. The quantitative estimate of drug-likeness (QED) is 0.633. The van der Waals surface area contributed by atoms with E-state index in [0.29, 0.717) is 6.61 Å². The largest absolute Gasteiger partial charge is 0.378 e. The molecule has 1 aromatic heterocycles. The van der Waals surface area contributed by atoms with Crippen molar-refractivity contribution in [2.24, 2.45) is 0 Å². The van der Waals surface area contributed by atoms with Crippen molar-refractivity contribution < 1.29 is 4.74 Å². The average Bonchev–Trinajstić information content (AvgIpc) is 2.42. The van der Waals surface area contributed by atoms with Gasteiger partial charge in [0, 0.05) is 32.1 Å². The Balaban J connectivity index is 2.36. The summed E-state index contributed by atoms with van der Waals surface area (Å²) in [5, 5.41) is 6.49. The second-order valence-corrected chi connectivity index (χ2v) is 4.78. The molecule has 0 spiro atoms. The van der Waals surface area contributed by atoms with Crippen LogP contribution in [0.3, 0.4) is 0 Å². The van der Waals surface area contributed by atoms with Crippen LogP contribution in [0.5, 0.6) is 0 Å². The van der Waals surface area contributed by atoms with E-state index in [0.717, 1.165) is 50.1 Å². The van der Waals surface area contributed by atoms with E-state index < -0.39 is 0 Å². The van der Waals surface area contributed by atoms with E-state index in [1.54, 1.807) is 0 Å².